The summed E-state index contributed by atoms with van der Waals surface area (Å²) in [7, 11) is 0. The van der Waals surface area contributed by atoms with Gasteiger partial charge in [0.1, 0.15) is 0 Å². The molecule has 0 saturated heterocycles. The van der Waals surface area contributed by atoms with E-state index in [9.17, 15) is 4.79 Å². The van der Waals surface area contributed by atoms with Crippen LogP contribution in [0.5, 0.6) is 0 Å². The highest BCUT2D eigenvalue weighted by molar-refractivity contribution is 14.1. The monoisotopic (exact) mass is 420 g/mol. The van der Waals surface area contributed by atoms with Gasteiger partial charge in [0.25, 0.3) is 0 Å². The summed E-state index contributed by atoms with van der Waals surface area (Å²) in [6, 6.07) is 12.8. The number of halogens is 3. The number of anilines is 2. The zero-order valence-corrected chi connectivity index (χ0v) is 14.0. The summed E-state index contributed by atoms with van der Waals surface area (Å²) in [5.74, 6) is -0.210. The maximum absolute atomic E-state index is 11.9. The van der Waals surface area contributed by atoms with Crippen molar-refractivity contribution in [2.75, 3.05) is 17.2 Å². The van der Waals surface area contributed by atoms with E-state index in [1.807, 2.05) is 24.3 Å². The molecule has 1 amide bonds. The first-order valence-corrected chi connectivity index (χ1v) is 7.63. The number of benzene rings is 2. The fourth-order valence-electron chi connectivity index (χ4n) is 1.55. The van der Waals surface area contributed by atoms with Gasteiger partial charge in [-0.3, -0.25) is 4.79 Å². The molecular formula is C14H11Cl2IN2O. The lowest BCUT2D eigenvalue weighted by Gasteiger charge is -2.10. The second-order valence-corrected chi connectivity index (χ2v) is 6.07. The lowest BCUT2D eigenvalue weighted by molar-refractivity contribution is -0.114. The largest absolute Gasteiger partial charge is 0.376 e. The first kappa shape index (κ1) is 15.4. The molecule has 0 atom stereocenters. The number of hydrogen-bond acceptors (Lipinski definition) is 2. The van der Waals surface area contributed by atoms with Crippen LogP contribution in [0.4, 0.5) is 11.4 Å². The van der Waals surface area contributed by atoms with E-state index >= 15 is 0 Å². The third-order valence-electron chi connectivity index (χ3n) is 2.52. The van der Waals surface area contributed by atoms with Gasteiger partial charge in [-0.05, 0) is 59.0 Å². The van der Waals surface area contributed by atoms with E-state index in [-0.39, 0.29) is 12.5 Å². The van der Waals surface area contributed by atoms with Crippen LogP contribution in [-0.4, -0.2) is 12.5 Å². The summed E-state index contributed by atoms with van der Waals surface area (Å²) < 4.78 is 1.14. The molecule has 2 aromatic carbocycles. The highest BCUT2D eigenvalue weighted by Gasteiger charge is 2.09. The van der Waals surface area contributed by atoms with Crippen LogP contribution in [0.25, 0.3) is 0 Å². The van der Waals surface area contributed by atoms with Crippen molar-refractivity contribution in [3.8, 4) is 0 Å². The van der Waals surface area contributed by atoms with Gasteiger partial charge in [0.05, 0.1) is 22.3 Å². The van der Waals surface area contributed by atoms with E-state index in [4.69, 9.17) is 23.2 Å². The quantitative estimate of drug-likeness (QED) is 0.707. The summed E-state index contributed by atoms with van der Waals surface area (Å²) >= 11 is 14.2. The molecule has 20 heavy (non-hydrogen) atoms. The second kappa shape index (κ2) is 7.15. The number of nitrogens with one attached hydrogen (secondary N) is 2. The van der Waals surface area contributed by atoms with Crippen molar-refractivity contribution in [2.24, 2.45) is 0 Å². The van der Waals surface area contributed by atoms with Gasteiger partial charge in [-0.2, -0.15) is 0 Å². The Morgan fingerprint density at radius 1 is 1.05 bits per heavy atom. The molecule has 0 aliphatic heterocycles. The number of para-hydroxylation sites is 1. The molecule has 2 N–H and O–H groups in total. The number of rotatable bonds is 4. The van der Waals surface area contributed by atoms with Crippen LogP contribution in [0.3, 0.4) is 0 Å². The van der Waals surface area contributed by atoms with Crippen molar-refractivity contribution in [2.45, 2.75) is 0 Å². The Morgan fingerprint density at radius 3 is 2.25 bits per heavy atom. The first-order chi connectivity index (χ1) is 9.56. The van der Waals surface area contributed by atoms with E-state index in [1.54, 1.807) is 18.2 Å². The molecule has 0 radical (unpaired) electrons. The third-order valence-corrected chi connectivity index (χ3v) is 3.87. The molecule has 0 unspecified atom stereocenters. The molecule has 0 heterocycles. The SMILES string of the molecule is O=C(CNc1ccc(I)cc1)Nc1c(Cl)cccc1Cl. The summed E-state index contributed by atoms with van der Waals surface area (Å²) in [6.45, 7) is 0.141. The lowest BCUT2D eigenvalue weighted by Crippen LogP contribution is -2.22. The number of amides is 1. The van der Waals surface area contributed by atoms with Crippen molar-refractivity contribution in [3.63, 3.8) is 0 Å². The van der Waals surface area contributed by atoms with Gasteiger partial charge >= 0.3 is 0 Å². The minimum Gasteiger partial charge on any atom is -0.376 e. The standard InChI is InChI=1S/C14H11Cl2IN2O/c15-11-2-1-3-12(16)14(11)19-13(20)8-18-10-6-4-9(17)5-7-10/h1-7,18H,8H2,(H,19,20). The van der Waals surface area contributed by atoms with Crippen LogP contribution in [0.1, 0.15) is 0 Å². The zero-order valence-electron chi connectivity index (χ0n) is 10.3. The number of carbonyl (C=O) groups is 1. The third kappa shape index (κ3) is 4.26. The van der Waals surface area contributed by atoms with E-state index in [2.05, 4.69) is 33.2 Å². The van der Waals surface area contributed by atoms with Crippen LogP contribution in [-0.2, 0) is 4.79 Å². The average Bonchev–Trinajstić information content (AvgIpc) is 2.42. The second-order valence-electron chi connectivity index (χ2n) is 4.01. The molecule has 0 spiro atoms. The van der Waals surface area contributed by atoms with Gasteiger partial charge in [0.15, 0.2) is 0 Å². The maximum Gasteiger partial charge on any atom is 0.243 e. The Kier molecular flexibility index (Phi) is 5.51. The van der Waals surface area contributed by atoms with Gasteiger partial charge in [-0.25, -0.2) is 0 Å². The fraction of sp³-hybridized carbons (Fsp3) is 0.0714. The number of hydrogen-bond donors (Lipinski definition) is 2. The molecule has 104 valence electrons. The van der Waals surface area contributed by atoms with Gasteiger partial charge in [-0.1, -0.05) is 29.3 Å². The number of carbonyl (C=O) groups excluding carboxylic acids is 1. The van der Waals surface area contributed by atoms with Crippen molar-refractivity contribution in [3.05, 3.63) is 56.1 Å². The maximum atomic E-state index is 11.9. The molecule has 0 saturated carbocycles. The molecular weight excluding hydrogens is 410 g/mol. The van der Waals surface area contributed by atoms with Crippen LogP contribution in [0.2, 0.25) is 10.0 Å². The minimum atomic E-state index is -0.210. The van der Waals surface area contributed by atoms with Crippen molar-refractivity contribution < 1.29 is 4.79 Å². The van der Waals surface area contributed by atoms with Gasteiger partial charge in [0, 0.05) is 9.26 Å². The predicted molar refractivity (Wildman–Crippen MR) is 92.7 cm³/mol. The molecule has 0 aromatic heterocycles. The molecule has 0 fully saturated rings. The molecule has 3 nitrogen and oxygen atoms in total. The van der Waals surface area contributed by atoms with E-state index in [0.29, 0.717) is 15.7 Å². The minimum absolute atomic E-state index is 0.141. The van der Waals surface area contributed by atoms with Crippen LogP contribution in [0, 0.1) is 3.57 Å². The summed E-state index contributed by atoms with van der Waals surface area (Å²) in [5, 5.41) is 6.56. The first-order valence-electron chi connectivity index (χ1n) is 5.79. The molecule has 2 rings (SSSR count). The van der Waals surface area contributed by atoms with Crippen LogP contribution < -0.4 is 10.6 Å². The van der Waals surface area contributed by atoms with Crippen molar-refractivity contribution in [1.82, 2.24) is 0 Å². The summed E-state index contributed by atoms with van der Waals surface area (Å²) in [6.07, 6.45) is 0. The van der Waals surface area contributed by atoms with Gasteiger partial charge in [-0.15, -0.1) is 0 Å². The Bertz CT molecular complexity index is 597. The topological polar surface area (TPSA) is 41.1 Å². The zero-order chi connectivity index (χ0) is 14.5. The highest BCUT2D eigenvalue weighted by Crippen LogP contribution is 2.29. The molecule has 0 aliphatic rings. The van der Waals surface area contributed by atoms with E-state index in [1.165, 1.54) is 0 Å². The molecule has 2 aromatic rings. The Labute approximate surface area is 140 Å². The molecule has 6 heteroatoms. The fourth-order valence-corrected chi connectivity index (χ4v) is 2.40. The van der Waals surface area contributed by atoms with Gasteiger partial charge < -0.3 is 10.6 Å². The smallest absolute Gasteiger partial charge is 0.243 e. The Morgan fingerprint density at radius 2 is 1.65 bits per heavy atom. The van der Waals surface area contributed by atoms with Crippen molar-refractivity contribution in [1.29, 1.82) is 0 Å². The molecule has 0 aliphatic carbocycles. The van der Waals surface area contributed by atoms with Crippen molar-refractivity contribution >= 4 is 63.1 Å². The van der Waals surface area contributed by atoms with Gasteiger partial charge in [0.2, 0.25) is 5.91 Å². The highest BCUT2D eigenvalue weighted by atomic mass is 127. The Balaban J connectivity index is 1.94. The summed E-state index contributed by atoms with van der Waals surface area (Å²) in [5.41, 5.74) is 1.32. The Hall–Kier alpha value is -0.980. The lowest BCUT2D eigenvalue weighted by atomic mass is 10.3. The van der Waals surface area contributed by atoms with E-state index in [0.717, 1.165) is 9.26 Å². The summed E-state index contributed by atoms with van der Waals surface area (Å²) in [4.78, 5) is 11.9. The van der Waals surface area contributed by atoms with Crippen LogP contribution >= 0.6 is 45.8 Å². The van der Waals surface area contributed by atoms with Crippen LogP contribution in [0.15, 0.2) is 42.5 Å². The predicted octanol–water partition coefficient (Wildman–Crippen LogP) is 4.65. The average molecular weight is 421 g/mol. The van der Waals surface area contributed by atoms with E-state index < -0.39 is 0 Å². The molecule has 0 bridgehead atoms. The normalized spacial score (nSPS) is 10.2.